The monoisotopic (exact) mass is 469 g/mol. The summed E-state index contributed by atoms with van der Waals surface area (Å²) in [5.74, 6) is 1.10. The first-order valence-electron chi connectivity index (χ1n) is 11.4. The molecule has 5 aromatic carbocycles. The van der Waals surface area contributed by atoms with Gasteiger partial charge in [-0.25, -0.2) is 4.98 Å². The Morgan fingerprint density at radius 3 is 1.80 bits per heavy atom. The quantitative estimate of drug-likeness (QED) is 0.260. The van der Waals surface area contributed by atoms with E-state index in [4.69, 9.17) is 16.6 Å². The molecule has 166 valence electrons. The third kappa shape index (κ3) is 4.30. The van der Waals surface area contributed by atoms with Crippen LogP contribution in [0.4, 0.5) is 0 Å². The van der Waals surface area contributed by atoms with E-state index in [1.807, 2.05) is 48.5 Å². The average Bonchev–Trinajstić information content (AvgIpc) is 2.93. The van der Waals surface area contributed by atoms with Gasteiger partial charge in [0.25, 0.3) is 0 Å². The largest absolute Gasteiger partial charge is 0.226 e. The van der Waals surface area contributed by atoms with Crippen molar-refractivity contribution in [3.63, 3.8) is 0 Å². The van der Waals surface area contributed by atoms with Gasteiger partial charge in [0.1, 0.15) is 0 Å². The van der Waals surface area contributed by atoms with E-state index >= 15 is 0 Å². The Hall–Kier alpha value is -4.34. The third-order valence-corrected chi connectivity index (χ3v) is 6.26. The van der Waals surface area contributed by atoms with Crippen LogP contribution in [0.3, 0.4) is 0 Å². The molecular weight excluding hydrogens is 450 g/mol. The maximum Gasteiger partial charge on any atom is 0.226 e. The van der Waals surface area contributed by atoms with E-state index in [-0.39, 0.29) is 5.28 Å². The molecular formula is C31H20ClN3. The molecule has 3 nitrogen and oxygen atoms in total. The summed E-state index contributed by atoms with van der Waals surface area (Å²) in [4.78, 5) is 13.7. The summed E-state index contributed by atoms with van der Waals surface area (Å²) in [6.45, 7) is 0. The first-order chi connectivity index (χ1) is 17.2. The van der Waals surface area contributed by atoms with Crippen molar-refractivity contribution in [2.45, 2.75) is 0 Å². The SMILES string of the molecule is Clc1nc(-c2ccc(-c3ccc4ccccc4c3)cc2)nc(-c2ccccc2-c2ccccc2)n1. The van der Waals surface area contributed by atoms with E-state index in [1.165, 1.54) is 16.3 Å². The Morgan fingerprint density at radius 1 is 0.400 bits per heavy atom. The predicted molar refractivity (Wildman–Crippen MR) is 144 cm³/mol. The molecule has 0 atom stereocenters. The molecule has 0 bridgehead atoms. The lowest BCUT2D eigenvalue weighted by atomic mass is 9.99. The molecule has 0 aliphatic rings. The minimum absolute atomic E-state index is 0.173. The van der Waals surface area contributed by atoms with Crippen LogP contribution in [-0.4, -0.2) is 15.0 Å². The first kappa shape index (κ1) is 21.2. The van der Waals surface area contributed by atoms with Crippen molar-refractivity contribution < 1.29 is 0 Å². The van der Waals surface area contributed by atoms with Crippen molar-refractivity contribution in [1.82, 2.24) is 15.0 Å². The fourth-order valence-corrected chi connectivity index (χ4v) is 4.49. The summed E-state index contributed by atoms with van der Waals surface area (Å²) in [6.07, 6.45) is 0. The van der Waals surface area contributed by atoms with Crippen molar-refractivity contribution in [1.29, 1.82) is 0 Å². The number of halogens is 1. The lowest BCUT2D eigenvalue weighted by Gasteiger charge is -2.10. The highest BCUT2D eigenvalue weighted by Gasteiger charge is 2.14. The molecule has 0 amide bonds. The topological polar surface area (TPSA) is 38.7 Å². The second kappa shape index (κ2) is 9.13. The zero-order chi connectivity index (χ0) is 23.6. The summed E-state index contributed by atoms with van der Waals surface area (Å²) in [7, 11) is 0. The fourth-order valence-electron chi connectivity index (χ4n) is 4.33. The number of hydrogen-bond acceptors (Lipinski definition) is 3. The van der Waals surface area contributed by atoms with Crippen LogP contribution in [0.15, 0.2) is 121 Å². The molecule has 0 unspecified atom stereocenters. The van der Waals surface area contributed by atoms with Crippen molar-refractivity contribution in [3.8, 4) is 45.0 Å². The summed E-state index contributed by atoms with van der Waals surface area (Å²) >= 11 is 6.37. The molecule has 1 aromatic heterocycles. The normalized spacial score (nSPS) is 11.0. The predicted octanol–water partition coefficient (Wildman–Crippen LogP) is 8.35. The average molecular weight is 470 g/mol. The Bertz CT molecular complexity index is 1640. The van der Waals surface area contributed by atoms with Gasteiger partial charge in [-0.05, 0) is 50.7 Å². The minimum atomic E-state index is 0.173. The zero-order valence-corrected chi connectivity index (χ0v) is 19.5. The van der Waals surface area contributed by atoms with Crippen molar-refractivity contribution in [2.24, 2.45) is 0 Å². The lowest BCUT2D eigenvalue weighted by molar-refractivity contribution is 1.07. The highest BCUT2D eigenvalue weighted by Crippen LogP contribution is 2.32. The van der Waals surface area contributed by atoms with Gasteiger partial charge in [-0.15, -0.1) is 0 Å². The molecule has 0 saturated carbocycles. The molecule has 1 heterocycles. The maximum absolute atomic E-state index is 6.37. The van der Waals surface area contributed by atoms with E-state index in [1.54, 1.807) is 0 Å². The van der Waals surface area contributed by atoms with Crippen LogP contribution in [-0.2, 0) is 0 Å². The van der Waals surface area contributed by atoms with Crippen molar-refractivity contribution in [2.75, 3.05) is 0 Å². The molecule has 0 radical (unpaired) electrons. The van der Waals surface area contributed by atoms with E-state index in [9.17, 15) is 0 Å². The molecule has 0 saturated heterocycles. The number of hydrogen-bond donors (Lipinski definition) is 0. The van der Waals surface area contributed by atoms with Crippen LogP contribution < -0.4 is 0 Å². The molecule has 0 N–H and O–H groups in total. The minimum Gasteiger partial charge on any atom is -0.208 e. The van der Waals surface area contributed by atoms with Crippen LogP contribution in [0.1, 0.15) is 0 Å². The van der Waals surface area contributed by atoms with Crippen molar-refractivity contribution >= 4 is 22.4 Å². The molecule has 0 aliphatic heterocycles. The third-order valence-electron chi connectivity index (χ3n) is 6.09. The van der Waals surface area contributed by atoms with Crippen LogP contribution >= 0.6 is 11.6 Å². The summed E-state index contributed by atoms with van der Waals surface area (Å²) in [5, 5.41) is 2.63. The number of fused-ring (bicyclic) bond motifs is 1. The molecule has 4 heteroatoms. The fraction of sp³-hybridized carbons (Fsp3) is 0. The van der Waals surface area contributed by atoms with Gasteiger partial charge in [0.15, 0.2) is 11.6 Å². The van der Waals surface area contributed by atoms with Crippen LogP contribution in [0.5, 0.6) is 0 Å². The van der Waals surface area contributed by atoms with Crippen LogP contribution in [0, 0.1) is 0 Å². The Labute approximate surface area is 208 Å². The van der Waals surface area contributed by atoms with Crippen LogP contribution in [0.2, 0.25) is 5.28 Å². The molecule has 0 spiro atoms. The number of aromatic nitrogens is 3. The van der Waals surface area contributed by atoms with Gasteiger partial charge in [-0.1, -0.05) is 115 Å². The molecule has 35 heavy (non-hydrogen) atoms. The second-order valence-electron chi connectivity index (χ2n) is 8.30. The van der Waals surface area contributed by atoms with E-state index < -0.39 is 0 Å². The molecule has 6 aromatic rings. The van der Waals surface area contributed by atoms with Crippen molar-refractivity contribution in [3.05, 3.63) is 127 Å². The highest BCUT2D eigenvalue weighted by atomic mass is 35.5. The summed E-state index contributed by atoms with van der Waals surface area (Å²) in [5.41, 5.74) is 6.25. The summed E-state index contributed by atoms with van der Waals surface area (Å²) < 4.78 is 0. The first-order valence-corrected chi connectivity index (χ1v) is 11.8. The molecule has 6 rings (SSSR count). The number of rotatable bonds is 4. The van der Waals surface area contributed by atoms with E-state index in [0.29, 0.717) is 11.6 Å². The lowest BCUT2D eigenvalue weighted by Crippen LogP contribution is -1.98. The molecule has 0 aliphatic carbocycles. The standard InChI is InChI=1S/C31H20ClN3/c32-31-34-29(33-30(35-31)28-13-7-6-12-27(28)23-9-2-1-3-10-23)24-17-14-22(15-18-24)26-19-16-21-8-4-5-11-25(21)20-26/h1-20H. The zero-order valence-electron chi connectivity index (χ0n) is 18.8. The van der Waals surface area contributed by atoms with Gasteiger partial charge in [0, 0.05) is 11.1 Å². The maximum atomic E-state index is 6.37. The number of benzene rings is 5. The smallest absolute Gasteiger partial charge is 0.208 e. The van der Waals surface area contributed by atoms with Gasteiger partial charge in [0.05, 0.1) is 0 Å². The van der Waals surface area contributed by atoms with Gasteiger partial charge in [-0.2, -0.15) is 9.97 Å². The highest BCUT2D eigenvalue weighted by molar-refractivity contribution is 6.28. The number of nitrogens with zero attached hydrogens (tertiary/aromatic N) is 3. The van der Waals surface area contributed by atoms with Gasteiger partial charge in [0.2, 0.25) is 5.28 Å². The van der Waals surface area contributed by atoms with Gasteiger partial charge < -0.3 is 0 Å². The Morgan fingerprint density at radius 2 is 1.00 bits per heavy atom. The van der Waals surface area contributed by atoms with Gasteiger partial charge >= 0.3 is 0 Å². The second-order valence-corrected chi connectivity index (χ2v) is 8.64. The molecule has 0 fully saturated rings. The Balaban J connectivity index is 1.37. The van der Waals surface area contributed by atoms with E-state index in [0.717, 1.165) is 27.8 Å². The summed E-state index contributed by atoms with van der Waals surface area (Å²) in [6, 6.07) is 41.4. The Kier molecular flexibility index (Phi) is 5.53. The van der Waals surface area contributed by atoms with Gasteiger partial charge in [-0.3, -0.25) is 0 Å². The van der Waals surface area contributed by atoms with E-state index in [2.05, 4.69) is 82.8 Å². The van der Waals surface area contributed by atoms with Crippen LogP contribution in [0.25, 0.3) is 55.8 Å².